The molecule has 1 amide bonds. The summed E-state index contributed by atoms with van der Waals surface area (Å²) in [6.07, 6.45) is 0.921. The molecule has 2 rings (SSSR count). The first-order valence-electron chi connectivity index (χ1n) is 8.02. The molecule has 0 aromatic carbocycles. The lowest BCUT2D eigenvalue weighted by atomic mass is 9.92. The summed E-state index contributed by atoms with van der Waals surface area (Å²) in [6, 6.07) is 2.73. The lowest BCUT2D eigenvalue weighted by molar-refractivity contribution is -0.174. The minimum atomic E-state index is -1.07. The van der Waals surface area contributed by atoms with Crippen molar-refractivity contribution in [2.45, 2.75) is 51.2 Å². The van der Waals surface area contributed by atoms with E-state index in [2.05, 4.69) is 10.3 Å². The predicted molar refractivity (Wildman–Crippen MR) is 88.0 cm³/mol. The van der Waals surface area contributed by atoms with Gasteiger partial charge in [-0.2, -0.15) is 0 Å². The second-order valence-electron chi connectivity index (χ2n) is 6.58. The van der Waals surface area contributed by atoms with Crippen molar-refractivity contribution in [1.82, 2.24) is 10.3 Å². The fourth-order valence-electron chi connectivity index (χ4n) is 2.81. The zero-order valence-electron chi connectivity index (χ0n) is 14.5. The maximum Gasteiger partial charge on any atom is 0.337 e. The van der Waals surface area contributed by atoms with Crippen molar-refractivity contribution >= 4 is 11.9 Å². The molecular formula is C17H24N2O5. The van der Waals surface area contributed by atoms with Crippen molar-refractivity contribution < 1.29 is 19.1 Å². The molecule has 1 aliphatic heterocycles. The van der Waals surface area contributed by atoms with Crippen molar-refractivity contribution in [3.63, 3.8) is 0 Å². The van der Waals surface area contributed by atoms with Crippen molar-refractivity contribution in [2.24, 2.45) is 0 Å². The summed E-state index contributed by atoms with van der Waals surface area (Å²) >= 11 is 0. The lowest BCUT2D eigenvalue weighted by Crippen LogP contribution is -2.51. The number of methoxy groups -OCH3 is 1. The van der Waals surface area contributed by atoms with E-state index >= 15 is 0 Å². The van der Waals surface area contributed by atoms with Crippen LogP contribution >= 0.6 is 0 Å². The van der Waals surface area contributed by atoms with Crippen LogP contribution in [0, 0.1) is 0 Å². The van der Waals surface area contributed by atoms with Gasteiger partial charge < -0.3 is 19.8 Å². The Balaban J connectivity index is 2.12. The third-order valence-corrected chi connectivity index (χ3v) is 4.22. The largest absolute Gasteiger partial charge is 0.467 e. The van der Waals surface area contributed by atoms with Gasteiger partial charge in [0.2, 0.25) is 5.56 Å². The summed E-state index contributed by atoms with van der Waals surface area (Å²) in [4.78, 5) is 38.8. The molecule has 0 spiro atoms. The van der Waals surface area contributed by atoms with Gasteiger partial charge in [0.1, 0.15) is 0 Å². The summed E-state index contributed by atoms with van der Waals surface area (Å²) in [5, 5.41) is 2.88. The molecule has 0 aliphatic carbocycles. The van der Waals surface area contributed by atoms with E-state index in [1.54, 1.807) is 13.0 Å². The molecule has 0 radical (unpaired) electrons. The molecule has 2 N–H and O–H groups in total. The van der Waals surface area contributed by atoms with Gasteiger partial charge in [0.15, 0.2) is 5.60 Å². The number of ether oxygens (including phenoxy) is 2. The summed E-state index contributed by atoms with van der Waals surface area (Å²) in [6.45, 7) is 5.88. The van der Waals surface area contributed by atoms with Crippen molar-refractivity contribution in [3.8, 4) is 0 Å². The quantitative estimate of drug-likeness (QED) is 0.809. The van der Waals surface area contributed by atoms with E-state index < -0.39 is 11.6 Å². The Hall–Kier alpha value is -2.15. The maximum atomic E-state index is 12.5. The number of esters is 1. The monoisotopic (exact) mass is 336 g/mol. The molecule has 7 heteroatoms. The van der Waals surface area contributed by atoms with Gasteiger partial charge in [0.05, 0.1) is 13.7 Å². The number of hydrogen-bond acceptors (Lipinski definition) is 5. The smallest absolute Gasteiger partial charge is 0.337 e. The molecular weight excluding hydrogens is 312 g/mol. The molecule has 1 aliphatic rings. The number of rotatable bonds is 4. The molecule has 7 nitrogen and oxygen atoms in total. The molecule has 1 saturated heterocycles. The zero-order chi connectivity index (χ0) is 17.9. The van der Waals surface area contributed by atoms with E-state index in [4.69, 9.17) is 9.47 Å². The average Bonchev–Trinajstić information content (AvgIpc) is 2.53. The summed E-state index contributed by atoms with van der Waals surface area (Å²) in [7, 11) is 1.31. The van der Waals surface area contributed by atoms with Crippen LogP contribution in [-0.4, -0.2) is 42.2 Å². The molecule has 1 aromatic heterocycles. The fraction of sp³-hybridized carbons (Fsp3) is 0.588. The minimum absolute atomic E-state index is 0.108. The van der Waals surface area contributed by atoms with Crippen LogP contribution in [-0.2, 0) is 14.3 Å². The highest BCUT2D eigenvalue weighted by molar-refractivity contribution is 5.94. The maximum absolute atomic E-state index is 12.5. The zero-order valence-corrected chi connectivity index (χ0v) is 14.5. The first kappa shape index (κ1) is 18.2. The van der Waals surface area contributed by atoms with Gasteiger partial charge in [-0.05, 0) is 25.3 Å². The standard InChI is InChI=1S/C17H24N2O5/c1-10(2)13-7-11(8-14(20)19-13)15(21)18-12-5-6-24-17(3,9-12)16(22)23-4/h7-8,10,12H,5-6,9H2,1-4H3,(H,18,21)(H,19,20). The minimum Gasteiger partial charge on any atom is -0.467 e. The molecule has 132 valence electrons. The van der Waals surface area contributed by atoms with Gasteiger partial charge in [0.25, 0.3) is 5.91 Å². The molecule has 1 aromatic rings. The van der Waals surface area contributed by atoms with E-state index in [1.807, 2.05) is 13.8 Å². The number of hydrogen-bond donors (Lipinski definition) is 2. The third-order valence-electron chi connectivity index (χ3n) is 4.22. The van der Waals surface area contributed by atoms with E-state index in [0.717, 1.165) is 0 Å². The van der Waals surface area contributed by atoms with Crippen LogP contribution in [0.4, 0.5) is 0 Å². The van der Waals surface area contributed by atoms with Crippen LogP contribution in [0.1, 0.15) is 55.6 Å². The number of nitrogens with one attached hydrogen (secondary N) is 2. The van der Waals surface area contributed by atoms with E-state index in [9.17, 15) is 14.4 Å². The number of H-pyrrole nitrogens is 1. The van der Waals surface area contributed by atoms with Crippen molar-refractivity contribution in [1.29, 1.82) is 0 Å². The lowest BCUT2D eigenvalue weighted by Gasteiger charge is -2.36. The number of carbonyl (C=O) groups is 2. The molecule has 2 atom stereocenters. The Morgan fingerprint density at radius 1 is 1.42 bits per heavy atom. The van der Waals surface area contributed by atoms with Crippen LogP contribution in [0.25, 0.3) is 0 Å². The van der Waals surface area contributed by atoms with Crippen LogP contribution in [0.5, 0.6) is 0 Å². The molecule has 2 unspecified atom stereocenters. The van der Waals surface area contributed by atoms with Crippen LogP contribution < -0.4 is 10.9 Å². The normalized spacial score (nSPS) is 23.8. The Labute approximate surface area is 140 Å². The fourth-order valence-corrected chi connectivity index (χ4v) is 2.81. The van der Waals surface area contributed by atoms with Gasteiger partial charge >= 0.3 is 5.97 Å². The summed E-state index contributed by atoms with van der Waals surface area (Å²) in [5.41, 5.74) is -0.354. The molecule has 0 saturated carbocycles. The van der Waals surface area contributed by atoms with E-state index in [1.165, 1.54) is 13.2 Å². The molecule has 1 fully saturated rings. The number of pyridine rings is 1. The van der Waals surface area contributed by atoms with E-state index in [-0.39, 0.29) is 23.4 Å². The van der Waals surface area contributed by atoms with Gasteiger partial charge in [-0.25, -0.2) is 4.79 Å². The average molecular weight is 336 g/mol. The number of aromatic nitrogens is 1. The Bertz CT molecular complexity index is 682. The number of amides is 1. The second kappa shape index (κ2) is 7.17. The molecule has 0 bridgehead atoms. The predicted octanol–water partition coefficient (Wildman–Crippen LogP) is 1.34. The summed E-state index contributed by atoms with van der Waals surface area (Å²) < 4.78 is 10.3. The topological polar surface area (TPSA) is 97.5 Å². The Kier molecular flexibility index (Phi) is 5.43. The highest BCUT2D eigenvalue weighted by Gasteiger charge is 2.41. The Morgan fingerprint density at radius 2 is 2.12 bits per heavy atom. The molecule has 2 heterocycles. The Morgan fingerprint density at radius 3 is 2.75 bits per heavy atom. The van der Waals surface area contributed by atoms with Crippen molar-refractivity contribution in [2.75, 3.05) is 13.7 Å². The van der Waals surface area contributed by atoms with Crippen molar-refractivity contribution in [3.05, 3.63) is 33.7 Å². The first-order valence-corrected chi connectivity index (χ1v) is 8.02. The highest BCUT2D eigenvalue weighted by Crippen LogP contribution is 2.26. The van der Waals surface area contributed by atoms with Gasteiger partial charge in [-0.15, -0.1) is 0 Å². The second-order valence-corrected chi connectivity index (χ2v) is 6.58. The van der Waals surface area contributed by atoms with Crippen LogP contribution in [0.2, 0.25) is 0 Å². The number of carbonyl (C=O) groups excluding carboxylic acids is 2. The van der Waals surface area contributed by atoms with Crippen LogP contribution in [0.15, 0.2) is 16.9 Å². The van der Waals surface area contributed by atoms with Crippen LogP contribution in [0.3, 0.4) is 0 Å². The molecule has 24 heavy (non-hydrogen) atoms. The highest BCUT2D eigenvalue weighted by atomic mass is 16.6. The summed E-state index contributed by atoms with van der Waals surface area (Å²) in [5.74, 6) is -0.682. The SMILES string of the molecule is COC(=O)C1(C)CC(NC(=O)c2cc(C(C)C)[nH]c(=O)c2)CCO1. The van der Waals surface area contributed by atoms with Gasteiger partial charge in [-0.3, -0.25) is 9.59 Å². The van der Waals surface area contributed by atoms with Gasteiger partial charge in [0, 0.05) is 29.8 Å². The first-order chi connectivity index (χ1) is 11.2. The third kappa shape index (κ3) is 4.03. The van der Waals surface area contributed by atoms with E-state index in [0.29, 0.717) is 30.7 Å². The van der Waals surface area contributed by atoms with Gasteiger partial charge in [-0.1, -0.05) is 13.8 Å². The number of aromatic amines is 1.